The van der Waals surface area contributed by atoms with Crippen LogP contribution < -0.4 is 15.0 Å². The second-order valence-electron chi connectivity index (χ2n) is 5.70. The Morgan fingerprint density at radius 2 is 2.00 bits per heavy atom. The highest BCUT2D eigenvalue weighted by Crippen LogP contribution is 2.26. The molecule has 0 spiro atoms. The van der Waals surface area contributed by atoms with Gasteiger partial charge in [-0.1, -0.05) is 30.9 Å². The monoisotopic (exact) mass is 508 g/mol. The standard InChI is InChI=1S/C20H14FIN2O3S/c1-2-9-27-17-8-7-12(11-15(17)22)10-13-18(25)23-20(28)24(19(13)26)16-6-4-3-5-14(16)21/h2-8,10-11H,1,9H2,(H,23,25,28)/b13-10-. The topological polar surface area (TPSA) is 58.6 Å². The molecule has 0 aromatic heterocycles. The van der Waals surface area contributed by atoms with Crippen LogP contribution >= 0.6 is 34.8 Å². The largest absolute Gasteiger partial charge is 0.488 e. The Hall–Kier alpha value is -2.59. The molecule has 1 aliphatic heterocycles. The highest BCUT2D eigenvalue weighted by Gasteiger charge is 2.35. The molecule has 1 aliphatic rings. The molecule has 0 radical (unpaired) electrons. The quantitative estimate of drug-likeness (QED) is 0.220. The SMILES string of the molecule is C=CCOc1ccc(/C=C2/C(=O)NC(=S)N(c3ccccc3F)C2=O)cc1I. The molecule has 1 heterocycles. The Morgan fingerprint density at radius 3 is 2.68 bits per heavy atom. The fourth-order valence-electron chi connectivity index (χ4n) is 2.55. The van der Waals surface area contributed by atoms with Gasteiger partial charge in [-0.3, -0.25) is 14.9 Å². The van der Waals surface area contributed by atoms with E-state index in [1.54, 1.807) is 30.3 Å². The maximum Gasteiger partial charge on any atom is 0.270 e. The molecule has 5 nitrogen and oxygen atoms in total. The van der Waals surface area contributed by atoms with Crippen LogP contribution in [-0.2, 0) is 9.59 Å². The first-order valence-corrected chi connectivity index (χ1v) is 9.60. The maximum absolute atomic E-state index is 14.2. The number of amides is 2. The number of halogens is 2. The summed E-state index contributed by atoms with van der Waals surface area (Å²) >= 11 is 7.17. The number of ether oxygens (including phenoxy) is 1. The predicted octanol–water partition coefficient (Wildman–Crippen LogP) is 3.83. The van der Waals surface area contributed by atoms with E-state index < -0.39 is 17.6 Å². The molecule has 2 aromatic carbocycles. The fourth-order valence-corrected chi connectivity index (χ4v) is 3.52. The Bertz CT molecular complexity index is 1020. The first-order valence-electron chi connectivity index (χ1n) is 8.11. The summed E-state index contributed by atoms with van der Waals surface area (Å²) in [6.07, 6.45) is 3.07. The van der Waals surface area contributed by atoms with E-state index in [2.05, 4.69) is 34.5 Å². The lowest BCUT2D eigenvalue weighted by Crippen LogP contribution is -2.54. The molecule has 2 amide bonds. The van der Waals surface area contributed by atoms with Gasteiger partial charge in [0, 0.05) is 0 Å². The molecule has 28 heavy (non-hydrogen) atoms. The number of benzene rings is 2. The van der Waals surface area contributed by atoms with Crippen LogP contribution in [0.25, 0.3) is 6.08 Å². The van der Waals surface area contributed by atoms with Crippen molar-refractivity contribution in [2.24, 2.45) is 0 Å². The minimum atomic E-state index is -0.694. The molecule has 3 rings (SSSR count). The number of nitrogens with one attached hydrogen (secondary N) is 1. The van der Waals surface area contributed by atoms with E-state index in [-0.39, 0.29) is 16.4 Å². The van der Waals surface area contributed by atoms with E-state index in [4.69, 9.17) is 17.0 Å². The Labute approximate surface area is 180 Å². The number of rotatable bonds is 5. The first-order chi connectivity index (χ1) is 13.4. The van der Waals surface area contributed by atoms with Crippen LogP contribution in [0.3, 0.4) is 0 Å². The summed E-state index contributed by atoms with van der Waals surface area (Å²) in [5.41, 5.74) is 0.453. The van der Waals surface area contributed by atoms with Gasteiger partial charge in [0.15, 0.2) is 5.11 Å². The number of hydrogen-bond acceptors (Lipinski definition) is 4. The van der Waals surface area contributed by atoms with Crippen molar-refractivity contribution in [3.05, 3.63) is 75.6 Å². The first kappa shape index (κ1) is 20.2. The summed E-state index contributed by atoms with van der Waals surface area (Å²) in [6, 6.07) is 10.9. The number of nitrogens with zero attached hydrogens (tertiary/aromatic N) is 1. The normalized spacial score (nSPS) is 15.6. The Balaban J connectivity index is 1.96. The van der Waals surface area contributed by atoms with Gasteiger partial charge in [0.25, 0.3) is 11.8 Å². The van der Waals surface area contributed by atoms with Crippen molar-refractivity contribution < 1.29 is 18.7 Å². The minimum Gasteiger partial charge on any atom is -0.488 e. The van der Waals surface area contributed by atoms with Crippen molar-refractivity contribution in [1.82, 2.24) is 5.32 Å². The average molecular weight is 508 g/mol. The molecule has 0 bridgehead atoms. The third-order valence-electron chi connectivity index (χ3n) is 3.82. The van der Waals surface area contributed by atoms with Gasteiger partial charge < -0.3 is 4.74 Å². The van der Waals surface area contributed by atoms with Crippen LogP contribution in [0.1, 0.15) is 5.56 Å². The third-order valence-corrected chi connectivity index (χ3v) is 4.95. The van der Waals surface area contributed by atoms with Crippen LogP contribution in [0, 0.1) is 9.39 Å². The summed E-state index contributed by atoms with van der Waals surface area (Å²) in [5, 5.41) is 2.27. The Morgan fingerprint density at radius 1 is 1.25 bits per heavy atom. The molecule has 0 saturated carbocycles. The van der Waals surface area contributed by atoms with Crippen molar-refractivity contribution in [3.8, 4) is 5.75 Å². The Kier molecular flexibility index (Phi) is 6.20. The summed E-state index contributed by atoms with van der Waals surface area (Å²) in [6.45, 7) is 3.97. The zero-order valence-corrected chi connectivity index (χ0v) is 17.4. The molecule has 0 unspecified atom stereocenters. The molecular formula is C20H14FIN2O3S. The van der Waals surface area contributed by atoms with Gasteiger partial charge in [-0.25, -0.2) is 9.29 Å². The van der Waals surface area contributed by atoms with Crippen LogP contribution in [0.15, 0.2) is 60.7 Å². The zero-order chi connectivity index (χ0) is 20.3. The van der Waals surface area contributed by atoms with Crippen molar-refractivity contribution in [2.75, 3.05) is 11.5 Å². The maximum atomic E-state index is 14.2. The second kappa shape index (κ2) is 8.61. The molecule has 1 fully saturated rings. The van der Waals surface area contributed by atoms with E-state index >= 15 is 0 Å². The third kappa shape index (κ3) is 4.12. The van der Waals surface area contributed by atoms with E-state index in [0.717, 1.165) is 8.47 Å². The van der Waals surface area contributed by atoms with Gasteiger partial charge in [0.1, 0.15) is 23.7 Å². The highest BCUT2D eigenvalue weighted by atomic mass is 127. The lowest BCUT2D eigenvalue weighted by molar-refractivity contribution is -0.122. The van der Waals surface area contributed by atoms with E-state index in [0.29, 0.717) is 17.9 Å². The van der Waals surface area contributed by atoms with Gasteiger partial charge in [-0.05, 0) is 70.7 Å². The lowest BCUT2D eigenvalue weighted by atomic mass is 10.1. The molecule has 2 aromatic rings. The van der Waals surface area contributed by atoms with Crippen LogP contribution in [0.4, 0.5) is 10.1 Å². The zero-order valence-electron chi connectivity index (χ0n) is 14.4. The van der Waals surface area contributed by atoms with Crippen molar-refractivity contribution in [1.29, 1.82) is 0 Å². The smallest absolute Gasteiger partial charge is 0.270 e. The summed E-state index contributed by atoms with van der Waals surface area (Å²) in [7, 11) is 0. The highest BCUT2D eigenvalue weighted by molar-refractivity contribution is 14.1. The second-order valence-corrected chi connectivity index (χ2v) is 7.25. The molecule has 142 valence electrons. The lowest BCUT2D eigenvalue weighted by Gasteiger charge is -2.29. The minimum absolute atomic E-state index is 0.0221. The number of hydrogen-bond donors (Lipinski definition) is 1. The van der Waals surface area contributed by atoms with Gasteiger partial charge in [-0.15, -0.1) is 0 Å². The van der Waals surface area contributed by atoms with Crippen LogP contribution in [-0.4, -0.2) is 23.5 Å². The van der Waals surface area contributed by atoms with Crippen molar-refractivity contribution >= 4 is 63.5 Å². The van der Waals surface area contributed by atoms with Gasteiger partial charge in [0.2, 0.25) is 0 Å². The van der Waals surface area contributed by atoms with Crippen molar-refractivity contribution in [3.63, 3.8) is 0 Å². The molecule has 1 N–H and O–H groups in total. The van der Waals surface area contributed by atoms with Crippen LogP contribution in [0.2, 0.25) is 0 Å². The molecule has 0 aliphatic carbocycles. The molecule has 8 heteroatoms. The number of carbonyl (C=O) groups is 2. The average Bonchev–Trinajstić information content (AvgIpc) is 2.66. The molecule has 0 atom stereocenters. The number of thiocarbonyl (C=S) groups is 1. The summed E-state index contributed by atoms with van der Waals surface area (Å²) in [4.78, 5) is 26.2. The number of para-hydroxylation sites is 1. The number of carbonyl (C=O) groups excluding carboxylic acids is 2. The summed E-state index contributed by atoms with van der Waals surface area (Å²) < 4.78 is 20.5. The summed E-state index contributed by atoms with van der Waals surface area (Å²) in [5.74, 6) is -1.28. The van der Waals surface area contributed by atoms with E-state index in [9.17, 15) is 14.0 Å². The van der Waals surface area contributed by atoms with E-state index in [1.165, 1.54) is 24.3 Å². The van der Waals surface area contributed by atoms with E-state index in [1.807, 2.05) is 0 Å². The van der Waals surface area contributed by atoms with Crippen molar-refractivity contribution in [2.45, 2.75) is 0 Å². The molecule has 1 saturated heterocycles. The van der Waals surface area contributed by atoms with Crippen LogP contribution in [0.5, 0.6) is 5.75 Å². The molecular weight excluding hydrogens is 494 g/mol. The van der Waals surface area contributed by atoms with Gasteiger partial charge >= 0.3 is 0 Å². The van der Waals surface area contributed by atoms with Gasteiger partial charge in [-0.2, -0.15) is 0 Å². The fraction of sp³-hybridized carbons (Fsp3) is 0.0500. The number of anilines is 1. The predicted molar refractivity (Wildman–Crippen MR) is 117 cm³/mol. The van der Waals surface area contributed by atoms with Gasteiger partial charge in [0.05, 0.1) is 9.26 Å².